The monoisotopic (exact) mass is 252 g/mol. The summed E-state index contributed by atoms with van der Waals surface area (Å²) >= 11 is 0. The molecule has 1 aliphatic rings. The third-order valence-corrected chi connectivity index (χ3v) is 3.27. The van der Waals surface area contributed by atoms with Gasteiger partial charge in [-0.3, -0.25) is 0 Å². The van der Waals surface area contributed by atoms with Gasteiger partial charge in [-0.25, -0.2) is 0 Å². The highest BCUT2D eigenvalue weighted by Gasteiger charge is 2.17. The SMILES string of the molecule is OCC(O)C(O)c1ccc(N2CCNCC2)cc1. The van der Waals surface area contributed by atoms with Gasteiger partial charge in [0.25, 0.3) is 0 Å². The third kappa shape index (κ3) is 3.00. The summed E-state index contributed by atoms with van der Waals surface area (Å²) in [4.78, 5) is 2.27. The van der Waals surface area contributed by atoms with Gasteiger partial charge in [0.1, 0.15) is 12.2 Å². The van der Waals surface area contributed by atoms with Crippen molar-refractivity contribution in [1.82, 2.24) is 5.32 Å². The summed E-state index contributed by atoms with van der Waals surface area (Å²) in [7, 11) is 0. The lowest BCUT2D eigenvalue weighted by Crippen LogP contribution is -2.43. The Hall–Kier alpha value is -1.14. The van der Waals surface area contributed by atoms with Crippen molar-refractivity contribution in [3.05, 3.63) is 29.8 Å². The molecule has 1 saturated heterocycles. The van der Waals surface area contributed by atoms with Crippen LogP contribution < -0.4 is 10.2 Å². The summed E-state index contributed by atoms with van der Waals surface area (Å²) in [5.41, 5.74) is 1.74. The molecular weight excluding hydrogens is 232 g/mol. The van der Waals surface area contributed by atoms with Crippen LogP contribution in [0.3, 0.4) is 0 Å². The Bertz CT molecular complexity index is 342. The van der Waals surface area contributed by atoms with Crippen LogP contribution in [0.25, 0.3) is 0 Å². The normalized spacial score (nSPS) is 19.6. The van der Waals surface area contributed by atoms with E-state index in [0.29, 0.717) is 5.56 Å². The van der Waals surface area contributed by atoms with E-state index in [1.807, 2.05) is 12.1 Å². The fourth-order valence-corrected chi connectivity index (χ4v) is 2.13. The molecular formula is C13H20N2O3. The van der Waals surface area contributed by atoms with Crippen molar-refractivity contribution in [2.45, 2.75) is 12.2 Å². The molecule has 1 aromatic rings. The number of hydrogen-bond acceptors (Lipinski definition) is 5. The van der Waals surface area contributed by atoms with E-state index in [0.717, 1.165) is 31.9 Å². The molecule has 4 N–H and O–H groups in total. The molecule has 0 spiro atoms. The molecule has 0 aliphatic carbocycles. The Morgan fingerprint density at radius 1 is 1.11 bits per heavy atom. The standard InChI is InChI=1S/C13H20N2O3/c16-9-12(17)13(18)10-1-3-11(4-2-10)15-7-5-14-6-8-15/h1-4,12-14,16-18H,5-9H2. The second-order valence-corrected chi connectivity index (χ2v) is 4.52. The van der Waals surface area contributed by atoms with Crippen LogP contribution in [0, 0.1) is 0 Å². The van der Waals surface area contributed by atoms with Crippen molar-refractivity contribution in [3.8, 4) is 0 Å². The number of piperazine rings is 1. The fourth-order valence-electron chi connectivity index (χ4n) is 2.13. The molecule has 100 valence electrons. The molecule has 0 radical (unpaired) electrons. The summed E-state index contributed by atoms with van der Waals surface area (Å²) in [6.45, 7) is 3.46. The fraction of sp³-hybridized carbons (Fsp3) is 0.538. The number of aliphatic hydroxyl groups is 3. The Morgan fingerprint density at radius 2 is 1.72 bits per heavy atom. The quantitative estimate of drug-likeness (QED) is 0.580. The van der Waals surface area contributed by atoms with Crippen LogP contribution in [0.2, 0.25) is 0 Å². The predicted molar refractivity (Wildman–Crippen MR) is 69.6 cm³/mol. The van der Waals surface area contributed by atoms with Crippen molar-refractivity contribution in [3.63, 3.8) is 0 Å². The molecule has 0 bridgehead atoms. The number of hydrogen-bond donors (Lipinski definition) is 4. The largest absolute Gasteiger partial charge is 0.394 e. The molecule has 1 aromatic carbocycles. The number of anilines is 1. The molecule has 5 nitrogen and oxygen atoms in total. The van der Waals surface area contributed by atoms with E-state index in [1.165, 1.54) is 0 Å². The molecule has 5 heteroatoms. The van der Waals surface area contributed by atoms with Crippen molar-refractivity contribution in [2.24, 2.45) is 0 Å². The second-order valence-electron chi connectivity index (χ2n) is 4.52. The first-order chi connectivity index (χ1) is 8.72. The highest BCUT2D eigenvalue weighted by Crippen LogP contribution is 2.21. The van der Waals surface area contributed by atoms with Gasteiger partial charge in [0.2, 0.25) is 0 Å². The second kappa shape index (κ2) is 6.15. The van der Waals surface area contributed by atoms with E-state index in [2.05, 4.69) is 10.2 Å². The topological polar surface area (TPSA) is 76.0 Å². The van der Waals surface area contributed by atoms with E-state index in [9.17, 15) is 10.2 Å². The smallest absolute Gasteiger partial charge is 0.107 e. The van der Waals surface area contributed by atoms with E-state index < -0.39 is 18.8 Å². The lowest BCUT2D eigenvalue weighted by atomic mass is 10.0. The highest BCUT2D eigenvalue weighted by molar-refractivity contribution is 5.48. The first-order valence-corrected chi connectivity index (χ1v) is 6.25. The lowest BCUT2D eigenvalue weighted by molar-refractivity contribution is -0.0152. The maximum Gasteiger partial charge on any atom is 0.107 e. The summed E-state index contributed by atoms with van der Waals surface area (Å²) in [6, 6.07) is 7.46. The lowest BCUT2D eigenvalue weighted by Gasteiger charge is -2.29. The van der Waals surface area contributed by atoms with Gasteiger partial charge >= 0.3 is 0 Å². The number of nitrogens with zero attached hydrogens (tertiary/aromatic N) is 1. The van der Waals surface area contributed by atoms with E-state index >= 15 is 0 Å². The van der Waals surface area contributed by atoms with Crippen LogP contribution in [0.15, 0.2) is 24.3 Å². The minimum absolute atomic E-state index is 0.444. The molecule has 2 rings (SSSR count). The van der Waals surface area contributed by atoms with Crippen LogP contribution in [0.4, 0.5) is 5.69 Å². The molecule has 2 unspecified atom stereocenters. The summed E-state index contributed by atoms with van der Waals surface area (Å²) in [5.74, 6) is 0. The minimum Gasteiger partial charge on any atom is -0.394 e. The van der Waals surface area contributed by atoms with Crippen molar-refractivity contribution in [2.75, 3.05) is 37.7 Å². The van der Waals surface area contributed by atoms with Gasteiger partial charge in [-0.05, 0) is 17.7 Å². The summed E-state index contributed by atoms with van der Waals surface area (Å²) in [6.07, 6.45) is -2.16. The van der Waals surface area contributed by atoms with E-state index in [1.54, 1.807) is 12.1 Å². The molecule has 0 amide bonds. The molecule has 0 saturated carbocycles. The molecule has 18 heavy (non-hydrogen) atoms. The third-order valence-electron chi connectivity index (χ3n) is 3.27. The molecule has 1 aliphatic heterocycles. The first-order valence-electron chi connectivity index (χ1n) is 6.25. The number of nitrogens with one attached hydrogen (secondary N) is 1. The zero-order chi connectivity index (χ0) is 13.0. The zero-order valence-corrected chi connectivity index (χ0v) is 10.3. The maximum atomic E-state index is 9.76. The minimum atomic E-state index is -1.13. The summed E-state index contributed by atoms with van der Waals surface area (Å²) < 4.78 is 0. The van der Waals surface area contributed by atoms with Gasteiger partial charge in [0, 0.05) is 31.9 Å². The van der Waals surface area contributed by atoms with E-state index in [-0.39, 0.29) is 0 Å². The van der Waals surface area contributed by atoms with Gasteiger partial charge < -0.3 is 25.5 Å². The van der Waals surface area contributed by atoms with Gasteiger partial charge in [-0.2, -0.15) is 0 Å². The Labute approximate surface area is 107 Å². The first kappa shape index (κ1) is 13.3. The van der Waals surface area contributed by atoms with Gasteiger partial charge in [0.15, 0.2) is 0 Å². The summed E-state index contributed by atoms with van der Waals surface area (Å²) in [5, 5.41) is 31.2. The van der Waals surface area contributed by atoms with Crippen LogP contribution in [0.1, 0.15) is 11.7 Å². The zero-order valence-electron chi connectivity index (χ0n) is 10.3. The van der Waals surface area contributed by atoms with Crippen LogP contribution in [-0.2, 0) is 0 Å². The number of rotatable bonds is 4. The molecule has 0 aromatic heterocycles. The number of benzene rings is 1. The maximum absolute atomic E-state index is 9.76. The van der Waals surface area contributed by atoms with Crippen molar-refractivity contribution < 1.29 is 15.3 Å². The van der Waals surface area contributed by atoms with Gasteiger partial charge in [0.05, 0.1) is 6.61 Å². The Balaban J connectivity index is 2.04. The Morgan fingerprint density at radius 3 is 2.28 bits per heavy atom. The van der Waals surface area contributed by atoms with Gasteiger partial charge in [-0.15, -0.1) is 0 Å². The van der Waals surface area contributed by atoms with E-state index in [4.69, 9.17) is 5.11 Å². The average Bonchev–Trinajstić information content (AvgIpc) is 2.47. The van der Waals surface area contributed by atoms with Crippen molar-refractivity contribution >= 4 is 5.69 Å². The van der Waals surface area contributed by atoms with Crippen LogP contribution in [-0.4, -0.2) is 54.2 Å². The molecule has 2 atom stereocenters. The van der Waals surface area contributed by atoms with Gasteiger partial charge in [-0.1, -0.05) is 12.1 Å². The van der Waals surface area contributed by atoms with Crippen LogP contribution >= 0.6 is 0 Å². The molecule has 1 fully saturated rings. The number of aliphatic hydroxyl groups excluding tert-OH is 3. The Kier molecular flexibility index (Phi) is 4.54. The van der Waals surface area contributed by atoms with Crippen LogP contribution in [0.5, 0.6) is 0 Å². The molecule has 1 heterocycles. The van der Waals surface area contributed by atoms with Crippen molar-refractivity contribution in [1.29, 1.82) is 0 Å². The highest BCUT2D eigenvalue weighted by atomic mass is 16.4. The predicted octanol–water partition coefficient (Wildman–Crippen LogP) is -0.517. The average molecular weight is 252 g/mol.